The summed E-state index contributed by atoms with van der Waals surface area (Å²) in [7, 11) is 0. The first-order chi connectivity index (χ1) is 11.8. The molecule has 8 bridgehead atoms. The number of aromatic nitrogens is 1. The van der Waals surface area contributed by atoms with E-state index in [1.807, 2.05) is 24.4 Å². The summed E-state index contributed by atoms with van der Waals surface area (Å²) >= 11 is 1.74. The highest BCUT2D eigenvalue weighted by atomic mass is 32.1. The number of allylic oxidation sites excluding steroid dienone is 4. The van der Waals surface area contributed by atoms with Crippen molar-refractivity contribution >= 4 is 47.1 Å². The number of rotatable bonds is 0. The van der Waals surface area contributed by atoms with Crippen LogP contribution in [0.5, 0.6) is 0 Å². The number of aromatic amines is 1. The van der Waals surface area contributed by atoms with E-state index in [-0.39, 0.29) is 0 Å². The van der Waals surface area contributed by atoms with Crippen LogP contribution in [0.2, 0.25) is 0 Å². The van der Waals surface area contributed by atoms with Crippen LogP contribution in [0.25, 0.3) is 24.3 Å². The van der Waals surface area contributed by atoms with Crippen molar-refractivity contribution < 1.29 is 0 Å². The van der Waals surface area contributed by atoms with Crippen molar-refractivity contribution in [3.63, 3.8) is 0 Å². The molecule has 0 atom stereocenters. The topological polar surface area (TPSA) is 40.5 Å². The van der Waals surface area contributed by atoms with Crippen molar-refractivity contribution in [1.29, 1.82) is 0 Å². The normalized spacial score (nSPS) is 17.7. The molecule has 2 aromatic rings. The predicted molar refractivity (Wildman–Crippen MR) is 102 cm³/mol. The molecule has 0 saturated heterocycles. The highest BCUT2D eigenvalue weighted by Crippen LogP contribution is 2.18. The van der Waals surface area contributed by atoms with Gasteiger partial charge in [-0.1, -0.05) is 0 Å². The minimum Gasteiger partial charge on any atom is -0.361 e. The van der Waals surface area contributed by atoms with Gasteiger partial charge >= 0.3 is 0 Å². The Morgan fingerprint density at radius 2 is 1.42 bits per heavy atom. The maximum absolute atomic E-state index is 4.67. The van der Waals surface area contributed by atoms with Gasteiger partial charge in [0.05, 0.1) is 22.8 Å². The Bertz CT molecular complexity index is 1060. The zero-order valence-electron chi connectivity index (χ0n) is 12.7. The largest absolute Gasteiger partial charge is 0.361 e. The summed E-state index contributed by atoms with van der Waals surface area (Å²) in [4.78, 5) is 12.6. The summed E-state index contributed by atoms with van der Waals surface area (Å²) in [6, 6.07) is 6.35. The van der Waals surface area contributed by atoms with Gasteiger partial charge in [0, 0.05) is 21.0 Å². The fraction of sp³-hybridized carbons (Fsp3) is 0. The standard InChI is InChI=1S/C20H13N3S/c1-3-16-10-19-5-6-20(24-19)11-17-4-2-15(23-17)9-18-8-13(12-21-18)7-14(1)22-16/h1-12,21H. The van der Waals surface area contributed by atoms with Crippen molar-refractivity contribution in [2.24, 2.45) is 9.98 Å². The zero-order valence-corrected chi connectivity index (χ0v) is 13.5. The smallest absolute Gasteiger partial charge is 0.0658 e. The van der Waals surface area contributed by atoms with Crippen LogP contribution in [-0.4, -0.2) is 16.4 Å². The van der Waals surface area contributed by atoms with Gasteiger partial charge < -0.3 is 4.98 Å². The first kappa shape index (κ1) is 13.5. The minimum atomic E-state index is 0.957. The first-order valence-electron chi connectivity index (χ1n) is 7.75. The third-order valence-electron chi connectivity index (χ3n) is 3.94. The van der Waals surface area contributed by atoms with Crippen LogP contribution in [0.3, 0.4) is 0 Å². The van der Waals surface area contributed by atoms with Gasteiger partial charge in [0.1, 0.15) is 0 Å². The number of hydrogen-bond donors (Lipinski definition) is 1. The number of aliphatic imine (C=N–C) groups is 2. The molecular formula is C20H13N3S. The summed E-state index contributed by atoms with van der Waals surface area (Å²) in [6.45, 7) is 0. The van der Waals surface area contributed by atoms with Gasteiger partial charge in [-0.2, -0.15) is 0 Å². The van der Waals surface area contributed by atoms with Crippen LogP contribution < -0.4 is 9.06 Å². The van der Waals surface area contributed by atoms with Crippen LogP contribution in [0.15, 0.2) is 70.1 Å². The van der Waals surface area contributed by atoms with Gasteiger partial charge in [0.25, 0.3) is 0 Å². The van der Waals surface area contributed by atoms with Crippen molar-refractivity contribution in [2.75, 3.05) is 0 Å². The summed E-state index contributed by atoms with van der Waals surface area (Å²) in [6.07, 6.45) is 18.5. The average molecular weight is 327 g/mol. The highest BCUT2D eigenvalue weighted by molar-refractivity contribution is 7.08. The number of thiophene rings is 1. The Morgan fingerprint density at radius 1 is 0.750 bits per heavy atom. The van der Waals surface area contributed by atoms with E-state index in [9.17, 15) is 0 Å². The number of nitrogens with zero attached hydrogens (tertiary/aromatic N) is 2. The molecule has 0 saturated carbocycles. The molecule has 0 aromatic carbocycles. The zero-order chi connectivity index (χ0) is 15.9. The van der Waals surface area contributed by atoms with E-state index in [2.05, 4.69) is 63.5 Å². The molecule has 0 radical (unpaired) electrons. The van der Waals surface area contributed by atoms with E-state index in [0.717, 1.165) is 34.1 Å². The lowest BCUT2D eigenvalue weighted by molar-refractivity contribution is 1.36. The van der Waals surface area contributed by atoms with Crippen LogP contribution in [-0.2, 0) is 0 Å². The quantitative estimate of drug-likeness (QED) is 0.773. The van der Waals surface area contributed by atoms with E-state index in [1.54, 1.807) is 11.3 Å². The molecule has 3 aliphatic heterocycles. The average Bonchev–Trinajstić information content (AvgIpc) is 3.32. The molecule has 0 spiro atoms. The van der Waals surface area contributed by atoms with E-state index < -0.39 is 0 Å². The molecule has 24 heavy (non-hydrogen) atoms. The minimum absolute atomic E-state index is 0.957. The molecule has 2 aromatic heterocycles. The molecule has 3 nitrogen and oxygen atoms in total. The summed E-state index contributed by atoms with van der Waals surface area (Å²) in [5.41, 5.74) is 6.03. The second-order valence-electron chi connectivity index (χ2n) is 5.80. The molecule has 0 amide bonds. The highest BCUT2D eigenvalue weighted by Gasteiger charge is 2.06. The third kappa shape index (κ3) is 2.57. The Morgan fingerprint density at radius 3 is 2.12 bits per heavy atom. The molecule has 114 valence electrons. The Hall–Kier alpha value is -2.98. The predicted octanol–water partition coefficient (Wildman–Crippen LogP) is 3.05. The molecule has 4 heteroatoms. The van der Waals surface area contributed by atoms with Gasteiger partial charge in [-0.05, 0) is 72.4 Å². The maximum Gasteiger partial charge on any atom is 0.0658 e. The fourth-order valence-corrected chi connectivity index (χ4v) is 3.76. The van der Waals surface area contributed by atoms with E-state index >= 15 is 0 Å². The Labute approximate surface area is 142 Å². The lowest BCUT2D eigenvalue weighted by Crippen LogP contribution is -1.98. The molecule has 1 N–H and O–H groups in total. The second-order valence-corrected chi connectivity index (χ2v) is 6.94. The van der Waals surface area contributed by atoms with Gasteiger partial charge in [0.2, 0.25) is 0 Å². The molecular weight excluding hydrogens is 314 g/mol. The molecule has 0 aliphatic carbocycles. The van der Waals surface area contributed by atoms with Gasteiger partial charge in [0.15, 0.2) is 0 Å². The first-order valence-corrected chi connectivity index (χ1v) is 8.57. The SMILES string of the molecule is C1=CC2=NC1=Cc1c[nH]c(c1)C=C1C=CC(=N1)C=c1ccc(s1)=C2. The maximum atomic E-state index is 4.67. The van der Waals surface area contributed by atoms with E-state index in [4.69, 9.17) is 0 Å². The number of hydrogen-bond acceptors (Lipinski definition) is 3. The fourth-order valence-electron chi connectivity index (χ4n) is 2.85. The van der Waals surface area contributed by atoms with Crippen LogP contribution in [0.4, 0.5) is 0 Å². The summed E-state index contributed by atoms with van der Waals surface area (Å²) < 4.78 is 2.39. The van der Waals surface area contributed by atoms with E-state index in [0.29, 0.717) is 0 Å². The van der Waals surface area contributed by atoms with Crippen molar-refractivity contribution in [1.82, 2.24) is 4.98 Å². The van der Waals surface area contributed by atoms with E-state index in [1.165, 1.54) is 9.06 Å². The monoisotopic (exact) mass is 327 g/mol. The van der Waals surface area contributed by atoms with Crippen molar-refractivity contribution in [2.45, 2.75) is 0 Å². The lowest BCUT2D eigenvalue weighted by atomic mass is 10.2. The van der Waals surface area contributed by atoms with Crippen molar-refractivity contribution in [3.8, 4) is 0 Å². The van der Waals surface area contributed by atoms with Crippen LogP contribution in [0, 0.1) is 0 Å². The Balaban J connectivity index is 1.72. The van der Waals surface area contributed by atoms with Gasteiger partial charge in [-0.15, -0.1) is 11.3 Å². The molecule has 0 unspecified atom stereocenters. The summed E-state index contributed by atoms with van der Waals surface area (Å²) in [5.74, 6) is 0. The third-order valence-corrected chi connectivity index (χ3v) is 4.92. The van der Waals surface area contributed by atoms with Crippen molar-refractivity contribution in [3.05, 3.63) is 80.4 Å². The van der Waals surface area contributed by atoms with Crippen LogP contribution in [0.1, 0.15) is 11.3 Å². The lowest BCUT2D eigenvalue weighted by Gasteiger charge is -1.90. The number of H-pyrrole nitrogens is 1. The van der Waals surface area contributed by atoms with Gasteiger partial charge in [-0.25, -0.2) is 9.98 Å². The summed E-state index contributed by atoms with van der Waals surface area (Å²) in [5, 5.41) is 0. The molecule has 5 rings (SSSR count). The number of fused-ring (bicyclic) bond motifs is 6. The van der Waals surface area contributed by atoms with Gasteiger partial charge in [-0.3, -0.25) is 0 Å². The van der Waals surface area contributed by atoms with Crippen LogP contribution >= 0.6 is 11.3 Å². The number of nitrogens with one attached hydrogen (secondary N) is 1. The Kier molecular flexibility index (Phi) is 2.96. The molecule has 5 heterocycles. The molecule has 3 aliphatic rings. The second kappa shape index (κ2) is 5.28. The molecule has 0 fully saturated rings.